The van der Waals surface area contributed by atoms with Crippen LogP contribution in [-0.4, -0.2) is 29.2 Å². The minimum Gasteiger partial charge on any atom is -0.491 e. The molecule has 3 aromatic rings. The molecule has 5 nitrogen and oxygen atoms in total. The summed E-state index contributed by atoms with van der Waals surface area (Å²) in [5.41, 5.74) is 1.00. The molecule has 2 heterocycles. The SMILES string of the molecule is COC(=O)c1sc(-n2ccnc2)cc1OCCc1ccccc1Cl. The average molecular weight is 363 g/mol. The van der Waals surface area contributed by atoms with E-state index in [1.807, 2.05) is 34.9 Å². The minimum absolute atomic E-state index is 0.411. The number of ether oxygens (including phenoxy) is 2. The van der Waals surface area contributed by atoms with Gasteiger partial charge >= 0.3 is 5.97 Å². The van der Waals surface area contributed by atoms with E-state index >= 15 is 0 Å². The molecule has 3 rings (SSSR count). The number of thiophene rings is 1. The lowest BCUT2D eigenvalue weighted by Gasteiger charge is -2.07. The van der Waals surface area contributed by atoms with Crippen LogP contribution in [0.2, 0.25) is 5.02 Å². The van der Waals surface area contributed by atoms with Gasteiger partial charge in [0, 0.05) is 29.9 Å². The highest BCUT2D eigenvalue weighted by atomic mass is 35.5. The monoisotopic (exact) mass is 362 g/mol. The number of benzene rings is 1. The number of rotatable bonds is 6. The van der Waals surface area contributed by atoms with Crippen LogP contribution in [0, 0.1) is 0 Å². The maximum Gasteiger partial charge on any atom is 0.351 e. The van der Waals surface area contributed by atoms with Gasteiger partial charge in [-0.15, -0.1) is 11.3 Å². The van der Waals surface area contributed by atoms with Crippen molar-refractivity contribution in [1.29, 1.82) is 0 Å². The first-order valence-electron chi connectivity index (χ1n) is 7.25. The van der Waals surface area contributed by atoms with Crippen molar-refractivity contribution in [3.05, 3.63) is 64.5 Å². The number of hydrogen-bond acceptors (Lipinski definition) is 5. The molecule has 0 spiro atoms. The zero-order valence-electron chi connectivity index (χ0n) is 12.9. The van der Waals surface area contributed by atoms with E-state index < -0.39 is 5.97 Å². The summed E-state index contributed by atoms with van der Waals surface area (Å²) in [6.07, 6.45) is 5.80. The molecule has 0 aliphatic heterocycles. The van der Waals surface area contributed by atoms with E-state index in [0.29, 0.717) is 28.7 Å². The van der Waals surface area contributed by atoms with Crippen molar-refractivity contribution < 1.29 is 14.3 Å². The Morgan fingerprint density at radius 2 is 2.21 bits per heavy atom. The van der Waals surface area contributed by atoms with E-state index in [1.54, 1.807) is 18.7 Å². The third-order valence-corrected chi connectivity index (χ3v) is 4.88. The van der Waals surface area contributed by atoms with Crippen molar-refractivity contribution >= 4 is 28.9 Å². The van der Waals surface area contributed by atoms with Crippen LogP contribution in [0.1, 0.15) is 15.2 Å². The van der Waals surface area contributed by atoms with E-state index in [1.165, 1.54) is 18.4 Å². The number of esters is 1. The topological polar surface area (TPSA) is 53.4 Å². The maximum atomic E-state index is 12.0. The molecular weight excluding hydrogens is 348 g/mol. The quantitative estimate of drug-likeness (QED) is 0.622. The van der Waals surface area contributed by atoms with Crippen molar-refractivity contribution in [2.75, 3.05) is 13.7 Å². The molecule has 0 bridgehead atoms. The molecule has 7 heteroatoms. The second-order valence-electron chi connectivity index (χ2n) is 4.93. The summed E-state index contributed by atoms with van der Waals surface area (Å²) in [6, 6.07) is 9.43. The second kappa shape index (κ2) is 7.51. The number of nitrogens with zero attached hydrogens (tertiary/aromatic N) is 2. The highest BCUT2D eigenvalue weighted by molar-refractivity contribution is 7.16. The van der Waals surface area contributed by atoms with Gasteiger partial charge in [0.05, 0.1) is 20.0 Å². The van der Waals surface area contributed by atoms with Crippen LogP contribution in [0.3, 0.4) is 0 Å². The molecule has 0 saturated carbocycles. The van der Waals surface area contributed by atoms with Gasteiger partial charge < -0.3 is 9.47 Å². The van der Waals surface area contributed by atoms with Gasteiger partial charge in [-0.2, -0.15) is 0 Å². The van der Waals surface area contributed by atoms with Crippen molar-refractivity contribution in [3.8, 4) is 10.8 Å². The smallest absolute Gasteiger partial charge is 0.351 e. The molecular formula is C17H15ClN2O3S. The van der Waals surface area contributed by atoms with Crippen molar-refractivity contribution in [2.24, 2.45) is 0 Å². The average Bonchev–Trinajstić information content (AvgIpc) is 3.25. The first-order valence-corrected chi connectivity index (χ1v) is 8.45. The Labute approximate surface area is 148 Å². The van der Waals surface area contributed by atoms with Crippen molar-refractivity contribution in [3.63, 3.8) is 0 Å². The lowest BCUT2D eigenvalue weighted by atomic mass is 10.2. The third-order valence-electron chi connectivity index (χ3n) is 3.40. The van der Waals surface area contributed by atoms with E-state index in [4.69, 9.17) is 21.1 Å². The van der Waals surface area contributed by atoms with Gasteiger partial charge in [0.1, 0.15) is 10.8 Å². The number of hydrogen-bond donors (Lipinski definition) is 0. The van der Waals surface area contributed by atoms with Crippen LogP contribution in [0.15, 0.2) is 49.1 Å². The highest BCUT2D eigenvalue weighted by Crippen LogP contribution is 2.32. The molecule has 0 N–H and O–H groups in total. The van der Waals surface area contributed by atoms with Gasteiger partial charge in [0.15, 0.2) is 4.88 Å². The maximum absolute atomic E-state index is 12.0. The third kappa shape index (κ3) is 3.60. The standard InChI is InChI=1S/C17H15ClN2O3S/c1-22-17(21)16-14(10-15(24-16)20-8-7-19-11-20)23-9-6-12-4-2-3-5-13(12)18/h2-5,7-8,10-11H,6,9H2,1H3. The number of imidazole rings is 1. The van der Waals surface area contributed by atoms with Crippen LogP contribution in [0.4, 0.5) is 0 Å². The van der Waals surface area contributed by atoms with E-state index in [0.717, 1.165) is 10.6 Å². The zero-order valence-corrected chi connectivity index (χ0v) is 14.5. The summed E-state index contributed by atoms with van der Waals surface area (Å²) in [5.74, 6) is 0.0849. The Balaban J connectivity index is 1.76. The Hall–Kier alpha value is -2.31. The predicted octanol–water partition coefficient (Wildman–Crippen LogP) is 4.00. The number of aromatic nitrogens is 2. The Bertz CT molecular complexity index is 830. The van der Waals surface area contributed by atoms with Gasteiger partial charge in [-0.05, 0) is 11.6 Å². The predicted molar refractivity (Wildman–Crippen MR) is 93.4 cm³/mol. The van der Waals surface area contributed by atoms with Crippen LogP contribution in [0.5, 0.6) is 5.75 Å². The molecule has 0 radical (unpaired) electrons. The van der Waals surface area contributed by atoms with E-state index in [-0.39, 0.29) is 0 Å². The molecule has 0 saturated heterocycles. The van der Waals surface area contributed by atoms with Crippen molar-refractivity contribution in [2.45, 2.75) is 6.42 Å². The molecule has 0 aliphatic carbocycles. The number of carbonyl (C=O) groups excluding carboxylic acids is 1. The lowest BCUT2D eigenvalue weighted by Crippen LogP contribution is -2.05. The second-order valence-corrected chi connectivity index (χ2v) is 6.37. The fraction of sp³-hybridized carbons (Fsp3) is 0.176. The Morgan fingerprint density at radius 1 is 1.38 bits per heavy atom. The molecule has 2 aromatic heterocycles. The van der Waals surface area contributed by atoms with Crippen LogP contribution >= 0.6 is 22.9 Å². The number of methoxy groups -OCH3 is 1. The number of carbonyl (C=O) groups is 1. The summed E-state index contributed by atoms with van der Waals surface area (Å²) >= 11 is 7.44. The molecule has 0 amide bonds. The van der Waals surface area contributed by atoms with E-state index in [2.05, 4.69) is 4.98 Å². The highest BCUT2D eigenvalue weighted by Gasteiger charge is 2.19. The van der Waals surface area contributed by atoms with Gasteiger partial charge in [0.2, 0.25) is 0 Å². The fourth-order valence-electron chi connectivity index (χ4n) is 2.19. The summed E-state index contributed by atoms with van der Waals surface area (Å²) in [7, 11) is 1.35. The summed E-state index contributed by atoms with van der Waals surface area (Å²) in [4.78, 5) is 16.4. The Morgan fingerprint density at radius 3 is 2.92 bits per heavy atom. The van der Waals surface area contributed by atoms with Gasteiger partial charge in [-0.1, -0.05) is 29.8 Å². The van der Waals surface area contributed by atoms with Crippen LogP contribution in [0.25, 0.3) is 5.00 Å². The normalized spacial score (nSPS) is 10.6. The van der Waals surface area contributed by atoms with Gasteiger partial charge in [0.25, 0.3) is 0 Å². The van der Waals surface area contributed by atoms with Gasteiger partial charge in [-0.25, -0.2) is 9.78 Å². The molecule has 1 aromatic carbocycles. The summed E-state index contributed by atoms with van der Waals surface area (Å²) < 4.78 is 12.5. The first-order chi connectivity index (χ1) is 11.7. The molecule has 0 unspecified atom stereocenters. The van der Waals surface area contributed by atoms with Crippen LogP contribution < -0.4 is 4.74 Å². The molecule has 0 fully saturated rings. The van der Waals surface area contributed by atoms with Crippen LogP contribution in [-0.2, 0) is 11.2 Å². The van der Waals surface area contributed by atoms with E-state index in [9.17, 15) is 4.79 Å². The lowest BCUT2D eigenvalue weighted by molar-refractivity contribution is 0.0602. The number of halogens is 1. The summed E-state index contributed by atoms with van der Waals surface area (Å²) in [5, 5.41) is 1.54. The zero-order chi connectivity index (χ0) is 16.9. The van der Waals surface area contributed by atoms with Gasteiger partial charge in [-0.3, -0.25) is 4.57 Å². The summed E-state index contributed by atoms with van der Waals surface area (Å²) in [6.45, 7) is 0.411. The fourth-order valence-corrected chi connectivity index (χ4v) is 3.40. The molecule has 0 aliphatic rings. The molecule has 124 valence electrons. The minimum atomic E-state index is -0.417. The Kier molecular flexibility index (Phi) is 5.17. The van der Waals surface area contributed by atoms with Crippen molar-refractivity contribution in [1.82, 2.24) is 9.55 Å². The first kappa shape index (κ1) is 16.5. The largest absolute Gasteiger partial charge is 0.491 e. The molecule has 24 heavy (non-hydrogen) atoms. The molecule has 0 atom stereocenters.